The summed E-state index contributed by atoms with van der Waals surface area (Å²) in [7, 11) is 0. The lowest BCUT2D eigenvalue weighted by Crippen LogP contribution is -2.61. The van der Waals surface area contributed by atoms with Gasteiger partial charge in [0.15, 0.2) is 0 Å². The smallest absolute Gasteiger partial charge is 0.0428 e. The molecule has 1 unspecified atom stereocenters. The van der Waals surface area contributed by atoms with Crippen LogP contribution in [0.4, 0.5) is 0 Å². The standard InChI is InChI=1S/C17H26N2S/c1-16(2)9-12(10-17(3,4)19-16)18-14-11-20-15-8-6-5-7-13(14)15/h5-8,12,14,18-19H,9-11H2,1-4H3. The third-order valence-electron chi connectivity index (χ3n) is 4.33. The minimum Gasteiger partial charge on any atom is -0.307 e. The summed E-state index contributed by atoms with van der Waals surface area (Å²) < 4.78 is 0. The molecular weight excluding hydrogens is 264 g/mol. The van der Waals surface area contributed by atoms with Crippen LogP contribution in [0.1, 0.15) is 52.1 Å². The highest BCUT2D eigenvalue weighted by molar-refractivity contribution is 7.99. The van der Waals surface area contributed by atoms with Gasteiger partial charge in [-0.1, -0.05) is 18.2 Å². The Kier molecular flexibility index (Phi) is 3.64. The van der Waals surface area contributed by atoms with Crippen molar-refractivity contribution in [2.24, 2.45) is 0 Å². The summed E-state index contributed by atoms with van der Waals surface area (Å²) in [6.45, 7) is 9.28. The fraction of sp³-hybridized carbons (Fsp3) is 0.647. The maximum Gasteiger partial charge on any atom is 0.0428 e. The van der Waals surface area contributed by atoms with E-state index in [1.165, 1.54) is 29.1 Å². The second-order valence-electron chi connectivity index (χ2n) is 7.57. The zero-order chi connectivity index (χ0) is 14.4. The van der Waals surface area contributed by atoms with Gasteiger partial charge in [0.05, 0.1) is 0 Å². The first-order valence-electron chi connectivity index (χ1n) is 7.62. The summed E-state index contributed by atoms with van der Waals surface area (Å²) in [6, 6.07) is 9.95. The number of thioether (sulfide) groups is 1. The summed E-state index contributed by atoms with van der Waals surface area (Å²) in [5.74, 6) is 1.17. The Morgan fingerprint density at radius 2 is 1.75 bits per heavy atom. The topological polar surface area (TPSA) is 24.1 Å². The van der Waals surface area contributed by atoms with Gasteiger partial charge in [-0.05, 0) is 52.2 Å². The molecule has 1 atom stereocenters. The molecule has 1 aromatic rings. The van der Waals surface area contributed by atoms with Crippen molar-refractivity contribution in [1.82, 2.24) is 10.6 Å². The van der Waals surface area contributed by atoms with Crippen LogP contribution in [0.15, 0.2) is 29.2 Å². The maximum atomic E-state index is 3.92. The summed E-state index contributed by atoms with van der Waals surface area (Å²) in [5, 5.41) is 7.69. The van der Waals surface area contributed by atoms with Gasteiger partial charge in [-0.3, -0.25) is 0 Å². The number of hydrogen-bond acceptors (Lipinski definition) is 3. The number of fused-ring (bicyclic) bond motifs is 1. The van der Waals surface area contributed by atoms with Crippen molar-refractivity contribution in [2.75, 3.05) is 5.75 Å². The Hall–Kier alpha value is -0.510. The molecule has 0 saturated carbocycles. The van der Waals surface area contributed by atoms with E-state index in [0.29, 0.717) is 12.1 Å². The molecule has 2 aliphatic heterocycles. The predicted octanol–water partition coefficient (Wildman–Crippen LogP) is 3.73. The number of rotatable bonds is 2. The molecule has 0 aromatic heterocycles. The average molecular weight is 290 g/mol. The van der Waals surface area contributed by atoms with E-state index >= 15 is 0 Å². The second-order valence-corrected chi connectivity index (χ2v) is 8.63. The lowest BCUT2D eigenvalue weighted by atomic mass is 9.79. The molecule has 2 aliphatic rings. The Bertz CT molecular complexity index is 480. The summed E-state index contributed by atoms with van der Waals surface area (Å²) in [4.78, 5) is 1.46. The molecular formula is C17H26N2S. The fourth-order valence-corrected chi connectivity index (χ4v) is 5.20. The van der Waals surface area contributed by atoms with E-state index in [-0.39, 0.29) is 11.1 Å². The van der Waals surface area contributed by atoms with Crippen LogP contribution in [-0.2, 0) is 0 Å². The van der Waals surface area contributed by atoms with E-state index in [4.69, 9.17) is 0 Å². The van der Waals surface area contributed by atoms with Crippen LogP contribution in [0.2, 0.25) is 0 Å². The molecule has 0 amide bonds. The van der Waals surface area contributed by atoms with Crippen molar-refractivity contribution in [3.05, 3.63) is 29.8 Å². The SMILES string of the molecule is CC1(C)CC(NC2CSc3ccccc32)CC(C)(C)N1. The molecule has 0 bridgehead atoms. The lowest BCUT2D eigenvalue weighted by molar-refractivity contribution is 0.141. The zero-order valence-electron chi connectivity index (χ0n) is 13.0. The molecule has 3 heteroatoms. The highest BCUT2D eigenvalue weighted by Gasteiger charge is 2.38. The number of benzene rings is 1. The van der Waals surface area contributed by atoms with E-state index in [9.17, 15) is 0 Å². The van der Waals surface area contributed by atoms with E-state index in [1.807, 2.05) is 11.8 Å². The van der Waals surface area contributed by atoms with Crippen LogP contribution in [-0.4, -0.2) is 22.9 Å². The molecule has 0 spiro atoms. The van der Waals surface area contributed by atoms with E-state index in [1.54, 1.807) is 0 Å². The first kappa shape index (κ1) is 14.4. The number of piperidine rings is 1. The highest BCUT2D eigenvalue weighted by Crippen LogP contribution is 2.39. The predicted molar refractivity (Wildman–Crippen MR) is 87.4 cm³/mol. The van der Waals surface area contributed by atoms with E-state index in [0.717, 1.165) is 0 Å². The quantitative estimate of drug-likeness (QED) is 0.868. The zero-order valence-corrected chi connectivity index (χ0v) is 13.8. The molecule has 2 heterocycles. The van der Waals surface area contributed by atoms with Gasteiger partial charge in [0.25, 0.3) is 0 Å². The number of nitrogens with one attached hydrogen (secondary N) is 2. The maximum absolute atomic E-state index is 3.92. The molecule has 110 valence electrons. The second kappa shape index (κ2) is 5.04. The van der Waals surface area contributed by atoms with Crippen molar-refractivity contribution in [3.63, 3.8) is 0 Å². The molecule has 1 fully saturated rings. The normalized spacial score (nSPS) is 28.3. The van der Waals surface area contributed by atoms with Gasteiger partial charge >= 0.3 is 0 Å². The first-order chi connectivity index (χ1) is 9.35. The van der Waals surface area contributed by atoms with Gasteiger partial charge < -0.3 is 10.6 Å². The van der Waals surface area contributed by atoms with Gasteiger partial charge in [-0.15, -0.1) is 11.8 Å². The molecule has 2 nitrogen and oxygen atoms in total. The molecule has 0 radical (unpaired) electrons. The van der Waals surface area contributed by atoms with E-state index < -0.39 is 0 Å². The minimum atomic E-state index is 0.213. The third-order valence-corrected chi connectivity index (χ3v) is 5.51. The third kappa shape index (κ3) is 3.05. The summed E-state index contributed by atoms with van der Waals surface area (Å²) >= 11 is 1.99. The molecule has 2 N–H and O–H groups in total. The highest BCUT2D eigenvalue weighted by atomic mass is 32.2. The van der Waals surface area contributed by atoms with Crippen molar-refractivity contribution < 1.29 is 0 Å². The minimum absolute atomic E-state index is 0.213. The first-order valence-corrected chi connectivity index (χ1v) is 8.60. The number of hydrogen-bond donors (Lipinski definition) is 2. The largest absolute Gasteiger partial charge is 0.307 e. The Morgan fingerprint density at radius 1 is 1.10 bits per heavy atom. The van der Waals surface area contributed by atoms with Gasteiger partial charge in [0, 0.05) is 33.8 Å². The van der Waals surface area contributed by atoms with Gasteiger partial charge in [-0.2, -0.15) is 0 Å². The van der Waals surface area contributed by atoms with Crippen molar-refractivity contribution in [3.8, 4) is 0 Å². The van der Waals surface area contributed by atoms with E-state index in [2.05, 4.69) is 62.6 Å². The monoisotopic (exact) mass is 290 g/mol. The van der Waals surface area contributed by atoms with Gasteiger partial charge in [0.1, 0.15) is 0 Å². The van der Waals surface area contributed by atoms with Crippen LogP contribution < -0.4 is 10.6 Å². The Balaban J connectivity index is 1.73. The van der Waals surface area contributed by atoms with Gasteiger partial charge in [0.2, 0.25) is 0 Å². The van der Waals surface area contributed by atoms with Crippen molar-refractivity contribution >= 4 is 11.8 Å². The summed E-state index contributed by atoms with van der Waals surface area (Å²) in [5.41, 5.74) is 1.92. The average Bonchev–Trinajstić information content (AvgIpc) is 2.69. The Labute approximate surface area is 127 Å². The lowest BCUT2D eigenvalue weighted by Gasteiger charge is -2.47. The van der Waals surface area contributed by atoms with Gasteiger partial charge in [-0.25, -0.2) is 0 Å². The van der Waals surface area contributed by atoms with Crippen LogP contribution >= 0.6 is 11.8 Å². The van der Waals surface area contributed by atoms with Crippen molar-refractivity contribution in [1.29, 1.82) is 0 Å². The fourth-order valence-electron chi connectivity index (χ4n) is 4.03. The van der Waals surface area contributed by atoms with Crippen LogP contribution in [0, 0.1) is 0 Å². The molecule has 3 rings (SSSR count). The van der Waals surface area contributed by atoms with Crippen LogP contribution in [0.25, 0.3) is 0 Å². The molecule has 0 aliphatic carbocycles. The van der Waals surface area contributed by atoms with Crippen molar-refractivity contribution in [2.45, 2.75) is 68.6 Å². The molecule has 20 heavy (non-hydrogen) atoms. The summed E-state index contributed by atoms with van der Waals surface area (Å²) in [6.07, 6.45) is 2.39. The van der Waals surface area contributed by atoms with Crippen LogP contribution in [0.5, 0.6) is 0 Å². The molecule has 1 saturated heterocycles. The molecule has 1 aromatic carbocycles. The van der Waals surface area contributed by atoms with Crippen LogP contribution in [0.3, 0.4) is 0 Å². The Morgan fingerprint density at radius 3 is 2.45 bits per heavy atom.